The van der Waals surface area contributed by atoms with Crippen molar-refractivity contribution in [2.45, 2.75) is 32.5 Å². The van der Waals surface area contributed by atoms with Gasteiger partial charge in [-0.25, -0.2) is 9.59 Å². The fourth-order valence-electron chi connectivity index (χ4n) is 2.53. The number of hydrogen-bond acceptors (Lipinski definition) is 4. The van der Waals surface area contributed by atoms with Gasteiger partial charge in [0.25, 0.3) is 0 Å². The Morgan fingerprint density at radius 2 is 1.35 bits per heavy atom. The number of carbonyl (C=O) groups excluding carboxylic acids is 2. The maximum Gasteiger partial charge on any atom is 0.338 e. The van der Waals surface area contributed by atoms with Gasteiger partial charge in [-0.15, -0.1) is 6.58 Å². The van der Waals surface area contributed by atoms with Gasteiger partial charge in [0.2, 0.25) is 0 Å². The average molecular weight is 352 g/mol. The molecule has 3 unspecified atom stereocenters. The lowest BCUT2D eigenvalue weighted by atomic mass is 9.96. The summed E-state index contributed by atoms with van der Waals surface area (Å²) in [7, 11) is 0. The predicted molar refractivity (Wildman–Crippen MR) is 101 cm³/mol. The highest BCUT2D eigenvalue weighted by atomic mass is 16.6. The van der Waals surface area contributed by atoms with Gasteiger partial charge in [-0.3, -0.25) is 0 Å². The monoisotopic (exact) mass is 352 g/mol. The second-order valence-electron chi connectivity index (χ2n) is 6.17. The molecule has 0 aliphatic carbocycles. The molecule has 4 nitrogen and oxygen atoms in total. The molecule has 0 amide bonds. The summed E-state index contributed by atoms with van der Waals surface area (Å²) in [5, 5.41) is 0. The van der Waals surface area contributed by atoms with Crippen molar-refractivity contribution in [2.24, 2.45) is 5.92 Å². The lowest BCUT2D eigenvalue weighted by molar-refractivity contribution is -0.0218. The van der Waals surface area contributed by atoms with Gasteiger partial charge in [-0.1, -0.05) is 49.4 Å². The molecule has 2 aromatic rings. The SMILES string of the molecule is C=CCC(OC(=O)c1ccccc1)C(C)C(C)OC(=O)c1ccccc1. The number of benzene rings is 2. The summed E-state index contributed by atoms with van der Waals surface area (Å²) in [5.74, 6) is -0.976. The lowest BCUT2D eigenvalue weighted by Gasteiger charge is -2.28. The zero-order valence-corrected chi connectivity index (χ0v) is 15.1. The smallest absolute Gasteiger partial charge is 0.338 e. The molecule has 0 radical (unpaired) electrons. The molecule has 136 valence electrons. The molecule has 0 saturated carbocycles. The molecule has 0 N–H and O–H groups in total. The van der Waals surface area contributed by atoms with Gasteiger partial charge in [0, 0.05) is 12.3 Å². The molecule has 26 heavy (non-hydrogen) atoms. The summed E-state index contributed by atoms with van der Waals surface area (Å²) >= 11 is 0. The zero-order valence-electron chi connectivity index (χ0n) is 15.1. The van der Waals surface area contributed by atoms with Crippen molar-refractivity contribution in [3.05, 3.63) is 84.4 Å². The van der Waals surface area contributed by atoms with E-state index in [9.17, 15) is 9.59 Å². The normalized spacial score (nSPS) is 13.9. The molecule has 2 rings (SSSR count). The predicted octanol–water partition coefficient (Wildman–Crippen LogP) is 4.67. The lowest BCUT2D eigenvalue weighted by Crippen LogP contribution is -2.34. The molecule has 0 spiro atoms. The molecular weight excluding hydrogens is 328 g/mol. The Kier molecular flexibility index (Phi) is 7.15. The highest BCUT2D eigenvalue weighted by molar-refractivity contribution is 5.90. The maximum absolute atomic E-state index is 12.3. The number of rotatable bonds is 8. The van der Waals surface area contributed by atoms with Crippen LogP contribution in [0.1, 0.15) is 41.0 Å². The van der Waals surface area contributed by atoms with Crippen LogP contribution in [0.5, 0.6) is 0 Å². The summed E-state index contributed by atoms with van der Waals surface area (Å²) < 4.78 is 11.2. The highest BCUT2D eigenvalue weighted by Gasteiger charge is 2.28. The van der Waals surface area contributed by atoms with E-state index in [0.29, 0.717) is 17.5 Å². The zero-order chi connectivity index (χ0) is 18.9. The van der Waals surface area contributed by atoms with Crippen LogP contribution in [0, 0.1) is 5.92 Å². The van der Waals surface area contributed by atoms with E-state index < -0.39 is 24.1 Å². The van der Waals surface area contributed by atoms with Crippen LogP contribution in [0.25, 0.3) is 0 Å². The van der Waals surface area contributed by atoms with Gasteiger partial charge in [-0.05, 0) is 31.2 Å². The standard InChI is InChI=1S/C22H24O4/c1-4-11-20(26-22(24)19-14-9-6-10-15-19)16(2)17(3)25-21(23)18-12-7-5-8-13-18/h4-10,12-17,20H,1,11H2,2-3H3. The molecule has 0 saturated heterocycles. The van der Waals surface area contributed by atoms with E-state index in [4.69, 9.17) is 9.47 Å². The van der Waals surface area contributed by atoms with E-state index in [2.05, 4.69) is 6.58 Å². The van der Waals surface area contributed by atoms with E-state index >= 15 is 0 Å². The molecular formula is C22H24O4. The number of ether oxygens (including phenoxy) is 2. The minimum absolute atomic E-state index is 0.187. The van der Waals surface area contributed by atoms with E-state index in [1.54, 1.807) is 61.5 Å². The molecule has 0 aliphatic rings. The number of hydrogen-bond donors (Lipinski definition) is 0. The molecule has 0 aromatic heterocycles. The van der Waals surface area contributed by atoms with Gasteiger partial charge in [0.1, 0.15) is 12.2 Å². The Morgan fingerprint density at radius 1 is 0.885 bits per heavy atom. The van der Waals surface area contributed by atoms with Gasteiger partial charge < -0.3 is 9.47 Å². The topological polar surface area (TPSA) is 52.6 Å². The van der Waals surface area contributed by atoms with Gasteiger partial charge >= 0.3 is 11.9 Å². The van der Waals surface area contributed by atoms with E-state index in [1.807, 2.05) is 19.1 Å². The van der Waals surface area contributed by atoms with Gasteiger partial charge in [-0.2, -0.15) is 0 Å². The molecule has 4 heteroatoms. The van der Waals surface area contributed by atoms with Crippen molar-refractivity contribution in [1.82, 2.24) is 0 Å². The van der Waals surface area contributed by atoms with Crippen LogP contribution in [0.2, 0.25) is 0 Å². The van der Waals surface area contributed by atoms with Crippen LogP contribution in [-0.4, -0.2) is 24.1 Å². The molecule has 0 heterocycles. The first-order valence-electron chi connectivity index (χ1n) is 8.66. The highest BCUT2D eigenvalue weighted by Crippen LogP contribution is 2.21. The van der Waals surface area contributed by atoms with Crippen molar-refractivity contribution in [3.63, 3.8) is 0 Å². The third-order valence-corrected chi connectivity index (χ3v) is 4.30. The summed E-state index contributed by atoms with van der Waals surface area (Å²) in [6, 6.07) is 17.6. The second kappa shape index (κ2) is 9.56. The summed E-state index contributed by atoms with van der Waals surface area (Å²) in [6.07, 6.45) is 1.33. The molecule has 3 atom stereocenters. The Morgan fingerprint density at radius 3 is 1.81 bits per heavy atom. The average Bonchev–Trinajstić information content (AvgIpc) is 2.68. The third-order valence-electron chi connectivity index (χ3n) is 4.30. The Balaban J connectivity index is 2.02. The maximum atomic E-state index is 12.3. The van der Waals surface area contributed by atoms with Crippen molar-refractivity contribution in [2.75, 3.05) is 0 Å². The van der Waals surface area contributed by atoms with Crippen molar-refractivity contribution in [3.8, 4) is 0 Å². The first-order chi connectivity index (χ1) is 12.5. The van der Waals surface area contributed by atoms with Gasteiger partial charge in [0.15, 0.2) is 0 Å². The summed E-state index contributed by atoms with van der Waals surface area (Å²) in [6.45, 7) is 7.43. The van der Waals surface area contributed by atoms with E-state index in [-0.39, 0.29) is 5.92 Å². The Hall–Kier alpha value is -2.88. The minimum atomic E-state index is -0.432. The minimum Gasteiger partial charge on any atom is -0.459 e. The third kappa shape index (κ3) is 5.31. The molecule has 2 aromatic carbocycles. The van der Waals surface area contributed by atoms with Gasteiger partial charge in [0.05, 0.1) is 11.1 Å². The summed E-state index contributed by atoms with van der Waals surface area (Å²) in [5.41, 5.74) is 0.982. The van der Waals surface area contributed by atoms with Crippen LogP contribution in [0.4, 0.5) is 0 Å². The van der Waals surface area contributed by atoms with Crippen LogP contribution in [0.15, 0.2) is 73.3 Å². The molecule has 0 fully saturated rings. The Bertz CT molecular complexity index is 724. The Labute approximate surface area is 154 Å². The number of carbonyl (C=O) groups is 2. The first-order valence-corrected chi connectivity index (χ1v) is 8.66. The first kappa shape index (κ1) is 19.4. The molecule has 0 bridgehead atoms. The van der Waals surface area contributed by atoms with E-state index in [0.717, 1.165) is 0 Å². The fraction of sp³-hybridized carbons (Fsp3) is 0.273. The summed E-state index contributed by atoms with van der Waals surface area (Å²) in [4.78, 5) is 24.6. The van der Waals surface area contributed by atoms with Crippen molar-refractivity contribution < 1.29 is 19.1 Å². The van der Waals surface area contributed by atoms with Crippen LogP contribution in [0.3, 0.4) is 0 Å². The van der Waals surface area contributed by atoms with Crippen molar-refractivity contribution in [1.29, 1.82) is 0 Å². The second-order valence-corrected chi connectivity index (χ2v) is 6.17. The van der Waals surface area contributed by atoms with Crippen molar-refractivity contribution >= 4 is 11.9 Å². The van der Waals surface area contributed by atoms with Crippen LogP contribution in [-0.2, 0) is 9.47 Å². The van der Waals surface area contributed by atoms with Crippen LogP contribution >= 0.6 is 0 Å². The van der Waals surface area contributed by atoms with Crippen LogP contribution < -0.4 is 0 Å². The largest absolute Gasteiger partial charge is 0.459 e. The quantitative estimate of drug-likeness (QED) is 0.512. The fourth-order valence-corrected chi connectivity index (χ4v) is 2.53. The molecule has 0 aliphatic heterocycles. The van der Waals surface area contributed by atoms with E-state index in [1.165, 1.54) is 0 Å². The number of esters is 2.